The van der Waals surface area contributed by atoms with Crippen molar-refractivity contribution < 1.29 is 4.79 Å². The van der Waals surface area contributed by atoms with Crippen molar-refractivity contribution in [2.75, 3.05) is 32.7 Å². The second kappa shape index (κ2) is 6.98. The van der Waals surface area contributed by atoms with Crippen molar-refractivity contribution >= 4 is 17.2 Å². The summed E-state index contributed by atoms with van der Waals surface area (Å²) in [6.45, 7) is 6.81. The van der Waals surface area contributed by atoms with E-state index in [1.807, 2.05) is 22.4 Å². The second-order valence-electron chi connectivity index (χ2n) is 5.41. The highest BCUT2D eigenvalue weighted by molar-refractivity contribution is 7.13. The zero-order chi connectivity index (χ0) is 15.4. The van der Waals surface area contributed by atoms with Crippen LogP contribution in [0.1, 0.15) is 23.8 Å². The number of carbonyl (C=O) groups is 1. The van der Waals surface area contributed by atoms with Gasteiger partial charge >= 0.3 is 0 Å². The summed E-state index contributed by atoms with van der Waals surface area (Å²) in [5, 5.41) is 2.73. The summed E-state index contributed by atoms with van der Waals surface area (Å²) < 4.78 is 0. The van der Waals surface area contributed by atoms with E-state index in [-0.39, 0.29) is 5.91 Å². The van der Waals surface area contributed by atoms with Crippen LogP contribution >= 0.6 is 11.3 Å². The van der Waals surface area contributed by atoms with Gasteiger partial charge in [0.05, 0.1) is 0 Å². The lowest BCUT2D eigenvalue weighted by atomic mass is 10.2. The summed E-state index contributed by atoms with van der Waals surface area (Å²) in [5.74, 6) is 0.0488. The number of aromatic nitrogens is 2. The third-order valence-electron chi connectivity index (χ3n) is 3.85. The minimum absolute atomic E-state index is 0.0488. The smallest absolute Gasteiger partial charge is 0.273 e. The first-order valence-corrected chi connectivity index (χ1v) is 8.53. The maximum atomic E-state index is 12.5. The molecule has 0 aliphatic carbocycles. The molecule has 1 aliphatic heterocycles. The lowest BCUT2D eigenvalue weighted by Crippen LogP contribution is -2.48. The van der Waals surface area contributed by atoms with Crippen molar-refractivity contribution in [3.8, 4) is 10.6 Å². The van der Waals surface area contributed by atoms with Gasteiger partial charge in [0.1, 0.15) is 10.7 Å². The number of carbonyl (C=O) groups excluding carboxylic acids is 1. The highest BCUT2D eigenvalue weighted by Crippen LogP contribution is 2.23. The van der Waals surface area contributed by atoms with Gasteiger partial charge in [-0.25, -0.2) is 4.98 Å². The monoisotopic (exact) mass is 316 g/mol. The van der Waals surface area contributed by atoms with Gasteiger partial charge < -0.3 is 4.90 Å². The predicted octanol–water partition coefficient (Wildman–Crippen LogP) is 2.37. The highest BCUT2D eigenvalue weighted by Gasteiger charge is 2.23. The molecule has 2 aromatic rings. The molecule has 1 saturated heterocycles. The molecule has 1 aliphatic rings. The molecule has 3 rings (SSSR count). The molecule has 2 aromatic heterocycles. The lowest BCUT2D eigenvalue weighted by molar-refractivity contribution is 0.0632. The Labute approximate surface area is 134 Å². The average molecular weight is 316 g/mol. The second-order valence-corrected chi connectivity index (χ2v) is 6.27. The number of pyridine rings is 1. The summed E-state index contributed by atoms with van der Waals surface area (Å²) in [6, 6.07) is 3.83. The van der Waals surface area contributed by atoms with Crippen molar-refractivity contribution in [1.29, 1.82) is 0 Å². The Morgan fingerprint density at radius 3 is 2.64 bits per heavy atom. The molecule has 0 saturated carbocycles. The summed E-state index contributed by atoms with van der Waals surface area (Å²) in [6.07, 6.45) is 4.64. The number of hydrogen-bond donors (Lipinski definition) is 0. The van der Waals surface area contributed by atoms with E-state index in [1.54, 1.807) is 12.4 Å². The number of rotatable bonds is 4. The molecule has 0 bridgehead atoms. The molecule has 6 heteroatoms. The van der Waals surface area contributed by atoms with Crippen molar-refractivity contribution in [3.05, 3.63) is 35.6 Å². The third-order valence-corrected chi connectivity index (χ3v) is 4.74. The largest absolute Gasteiger partial charge is 0.335 e. The molecule has 0 radical (unpaired) electrons. The number of piperazine rings is 1. The van der Waals surface area contributed by atoms with E-state index >= 15 is 0 Å². The van der Waals surface area contributed by atoms with Gasteiger partial charge in [-0.05, 0) is 25.1 Å². The number of nitrogens with zero attached hydrogens (tertiary/aromatic N) is 4. The fraction of sp³-hybridized carbons (Fsp3) is 0.438. The summed E-state index contributed by atoms with van der Waals surface area (Å²) in [7, 11) is 0. The van der Waals surface area contributed by atoms with Gasteiger partial charge in [0, 0.05) is 49.5 Å². The fourth-order valence-electron chi connectivity index (χ4n) is 2.65. The molecule has 5 nitrogen and oxygen atoms in total. The molecule has 1 fully saturated rings. The maximum Gasteiger partial charge on any atom is 0.273 e. The van der Waals surface area contributed by atoms with Crippen LogP contribution in [0.4, 0.5) is 0 Å². The summed E-state index contributed by atoms with van der Waals surface area (Å²) in [4.78, 5) is 25.4. The van der Waals surface area contributed by atoms with Gasteiger partial charge in [0.25, 0.3) is 5.91 Å². The normalized spacial score (nSPS) is 16.0. The molecule has 0 aromatic carbocycles. The first-order chi connectivity index (χ1) is 10.8. The summed E-state index contributed by atoms with van der Waals surface area (Å²) in [5.41, 5.74) is 1.56. The Balaban J connectivity index is 1.65. The topological polar surface area (TPSA) is 49.3 Å². The fourth-order valence-corrected chi connectivity index (χ4v) is 3.45. The van der Waals surface area contributed by atoms with E-state index in [0.29, 0.717) is 5.69 Å². The van der Waals surface area contributed by atoms with Crippen molar-refractivity contribution in [3.63, 3.8) is 0 Å². The molecule has 1 amide bonds. The first-order valence-electron chi connectivity index (χ1n) is 7.65. The van der Waals surface area contributed by atoms with Crippen LogP contribution in [0.5, 0.6) is 0 Å². The SMILES string of the molecule is CCCN1CCN(C(=O)c2csc(-c3ccncc3)n2)CC1. The molecule has 22 heavy (non-hydrogen) atoms. The number of hydrogen-bond acceptors (Lipinski definition) is 5. The van der Waals surface area contributed by atoms with Crippen LogP contribution in [0.15, 0.2) is 29.9 Å². The Morgan fingerprint density at radius 1 is 1.23 bits per heavy atom. The van der Waals surface area contributed by atoms with Crippen LogP contribution in [-0.4, -0.2) is 58.4 Å². The Hall–Kier alpha value is -1.79. The molecule has 0 atom stereocenters. The minimum Gasteiger partial charge on any atom is -0.335 e. The highest BCUT2D eigenvalue weighted by atomic mass is 32.1. The molecule has 3 heterocycles. The molecule has 0 N–H and O–H groups in total. The lowest BCUT2D eigenvalue weighted by Gasteiger charge is -2.34. The predicted molar refractivity (Wildman–Crippen MR) is 88.0 cm³/mol. The number of amides is 1. The zero-order valence-electron chi connectivity index (χ0n) is 12.7. The van der Waals surface area contributed by atoms with E-state index < -0.39 is 0 Å². The van der Waals surface area contributed by atoms with Crippen LogP contribution < -0.4 is 0 Å². The molecule has 0 spiro atoms. The van der Waals surface area contributed by atoms with Gasteiger partial charge in [-0.1, -0.05) is 6.92 Å². The average Bonchev–Trinajstić information content (AvgIpc) is 3.06. The molecular formula is C16H20N4OS. The molecular weight excluding hydrogens is 296 g/mol. The van der Waals surface area contributed by atoms with Crippen LogP contribution in [0.25, 0.3) is 10.6 Å². The van der Waals surface area contributed by atoms with E-state index in [9.17, 15) is 4.79 Å². The van der Waals surface area contributed by atoms with E-state index in [0.717, 1.165) is 49.7 Å². The number of thiazole rings is 1. The van der Waals surface area contributed by atoms with Crippen LogP contribution in [0, 0.1) is 0 Å². The van der Waals surface area contributed by atoms with Gasteiger partial charge in [0.15, 0.2) is 0 Å². The first kappa shape index (κ1) is 15.1. The molecule has 116 valence electrons. The quantitative estimate of drug-likeness (QED) is 0.869. The zero-order valence-corrected chi connectivity index (χ0v) is 13.6. The van der Waals surface area contributed by atoms with Gasteiger partial charge in [-0.2, -0.15) is 0 Å². The van der Waals surface area contributed by atoms with Crippen molar-refractivity contribution in [1.82, 2.24) is 19.8 Å². The van der Waals surface area contributed by atoms with Gasteiger partial charge in [-0.3, -0.25) is 14.7 Å². The van der Waals surface area contributed by atoms with Gasteiger partial charge in [0.2, 0.25) is 0 Å². The van der Waals surface area contributed by atoms with Crippen molar-refractivity contribution in [2.24, 2.45) is 0 Å². The summed E-state index contributed by atoms with van der Waals surface area (Å²) >= 11 is 1.51. The maximum absolute atomic E-state index is 12.5. The van der Waals surface area contributed by atoms with Crippen LogP contribution in [-0.2, 0) is 0 Å². The van der Waals surface area contributed by atoms with Gasteiger partial charge in [-0.15, -0.1) is 11.3 Å². The van der Waals surface area contributed by atoms with E-state index in [4.69, 9.17) is 0 Å². The van der Waals surface area contributed by atoms with Crippen molar-refractivity contribution in [2.45, 2.75) is 13.3 Å². The Kier molecular flexibility index (Phi) is 4.80. The standard InChI is InChI=1S/C16H20N4OS/c1-2-7-19-8-10-20(11-9-19)16(21)14-12-22-15(18-14)13-3-5-17-6-4-13/h3-6,12H,2,7-11H2,1H3. The third kappa shape index (κ3) is 3.34. The Bertz CT molecular complexity index is 620. The Morgan fingerprint density at radius 2 is 1.95 bits per heavy atom. The van der Waals surface area contributed by atoms with Crippen LogP contribution in [0.2, 0.25) is 0 Å². The molecule has 0 unspecified atom stereocenters. The van der Waals surface area contributed by atoms with E-state index in [1.165, 1.54) is 11.3 Å². The minimum atomic E-state index is 0.0488. The van der Waals surface area contributed by atoms with Crippen LogP contribution in [0.3, 0.4) is 0 Å². The van der Waals surface area contributed by atoms with E-state index in [2.05, 4.69) is 21.8 Å².